The number of aromatic nitrogens is 12. The molecule has 0 atom stereocenters. The van der Waals surface area contributed by atoms with E-state index in [1.807, 2.05) is 258 Å². The lowest BCUT2D eigenvalue weighted by Crippen LogP contribution is -2.29. The van der Waals surface area contributed by atoms with Crippen LogP contribution in [0.4, 0.5) is 22.7 Å². The number of oxazole rings is 1. The number of ketones is 1. The van der Waals surface area contributed by atoms with Gasteiger partial charge in [0.1, 0.15) is 11.4 Å². The monoisotopic (exact) mass is 1740 g/mol. The minimum atomic E-state index is -0.788. The van der Waals surface area contributed by atoms with Crippen molar-refractivity contribution in [1.82, 2.24) is 57.8 Å². The molecule has 8 aromatic heterocycles. The second kappa shape index (κ2) is 32.1. The third kappa shape index (κ3) is 13.6. The molecule has 4 N–H and O–H groups in total. The van der Waals surface area contributed by atoms with Crippen molar-refractivity contribution in [1.29, 1.82) is 0 Å². The van der Waals surface area contributed by atoms with Gasteiger partial charge in [0.05, 0.1) is 111 Å². The summed E-state index contributed by atoms with van der Waals surface area (Å²) < 4.78 is 13.9. The molecule has 5 aliphatic rings. The fourth-order valence-electron chi connectivity index (χ4n) is 17.2. The minimum absolute atomic E-state index is 0.0288. The molecule has 11 heterocycles. The highest BCUT2D eigenvalue weighted by Gasteiger charge is 2.33. The smallest absolute Gasteiger partial charge is 0.314 e. The molecule has 15 aromatic carbocycles. The number of hydrogen-bond donors (Lipinski definition) is 4. The summed E-state index contributed by atoms with van der Waals surface area (Å²) in [4.78, 5) is 133. The van der Waals surface area contributed by atoms with Crippen LogP contribution in [0.3, 0.4) is 0 Å². The summed E-state index contributed by atoms with van der Waals surface area (Å²) in [7, 11) is 0. The zero-order valence-corrected chi connectivity index (χ0v) is 69.7. The molecule has 2 amide bonds. The maximum absolute atomic E-state index is 12.5. The number of amides is 2. The highest BCUT2D eigenvalue weighted by molar-refractivity contribution is 7.23. The van der Waals surface area contributed by atoms with E-state index in [1.54, 1.807) is 78.2 Å². The second-order valence-electron chi connectivity index (χ2n) is 31.0. The number of anilines is 4. The van der Waals surface area contributed by atoms with Gasteiger partial charge in [-0.05, 0) is 152 Å². The Labute approximate surface area is 748 Å². The van der Waals surface area contributed by atoms with Crippen LogP contribution in [-0.2, 0) is 9.59 Å². The van der Waals surface area contributed by atoms with E-state index in [1.165, 1.54) is 10.8 Å². The number of nitrogens with zero attached hydrogens (tertiary/aromatic N) is 12. The van der Waals surface area contributed by atoms with Crippen LogP contribution >= 0.6 is 11.3 Å². The first-order valence-electron chi connectivity index (χ1n) is 41.8. The maximum Gasteiger partial charge on any atom is 0.314 e. The van der Waals surface area contributed by atoms with Crippen molar-refractivity contribution in [2.75, 3.05) is 21.6 Å². The van der Waals surface area contributed by atoms with Crippen LogP contribution in [-0.4, -0.2) is 81.3 Å². The summed E-state index contributed by atoms with van der Waals surface area (Å²) in [6, 6.07) is 105. The van der Waals surface area contributed by atoms with Gasteiger partial charge >= 0.3 is 17.7 Å². The van der Waals surface area contributed by atoms with Gasteiger partial charge in [0, 0.05) is 84.6 Å². The number of carbonyl (C=O) groups is 4. The highest BCUT2D eigenvalue weighted by Crippen LogP contribution is 2.48. The van der Waals surface area contributed by atoms with Gasteiger partial charge in [0.25, 0.3) is 22.6 Å². The Bertz CT molecular complexity index is 8720. The van der Waals surface area contributed by atoms with Gasteiger partial charge in [0.15, 0.2) is 27.9 Å². The predicted octanol–water partition coefficient (Wildman–Crippen LogP) is 20.2. The molecule has 0 bridgehead atoms. The Morgan fingerprint density at radius 2 is 0.833 bits per heavy atom. The van der Waals surface area contributed by atoms with Gasteiger partial charge in [-0.2, -0.15) is 9.97 Å². The van der Waals surface area contributed by atoms with Gasteiger partial charge in [-0.15, -0.1) is 0 Å². The number of benzene rings is 15. The molecular formula is C105H62N16O10S. The highest BCUT2D eigenvalue weighted by atomic mass is 32.1. The number of nitrogens with one attached hydrogen (secondary N) is 4. The normalized spacial score (nSPS) is 12.1. The van der Waals surface area contributed by atoms with E-state index in [9.17, 15) is 33.6 Å². The summed E-state index contributed by atoms with van der Waals surface area (Å²) >= 11 is 1.54. The molecule has 628 valence electrons. The van der Waals surface area contributed by atoms with Gasteiger partial charge < -0.3 is 29.3 Å². The standard InChI is InChI=1S/C26H18N4O4.C21H12N4.C15H8N2O2.C15H8N2O.C14H8N2O2.C14H8N2OS/c31-25(27-15-9-11-17-19-5-1-3-7-23(19)33-29-21(17)13-15)26(32)28-16-10-12-18-20-6-2-4-8-24(20)34-30-22(18)14-16;1-2-7-17-16(6-1)23-20-14-5-3-4-13-18(25-11-10-22-12-25)9-8-15(19(13)14)21(20)24-17;18-14-10-6-2-1-5-9(10)13-16-12-8-4-3-7-11(12)15(19)17(13)14;18-15-10-6-2-1-5-9(10)13-14(15)17-12-8-4-3-7-11(12)16-13;2*17-13-9-5-1-2-6-10(9)16-11-7-3-4-8-12(11)18-14(16)15-13/h1-14,29-30H,(H,27,31)(H,28,32);1-12H;1-8H;3*1-8H. The molecule has 0 fully saturated rings. The van der Waals surface area contributed by atoms with Crippen molar-refractivity contribution in [3.63, 3.8) is 0 Å². The molecule has 3 aliphatic heterocycles. The summed E-state index contributed by atoms with van der Waals surface area (Å²) in [5, 5.41) is 9.39. The third-order valence-electron chi connectivity index (χ3n) is 23.3. The van der Waals surface area contributed by atoms with E-state index in [0.717, 1.165) is 137 Å². The Morgan fingerprint density at radius 1 is 0.364 bits per heavy atom. The molecule has 0 spiro atoms. The fraction of sp³-hybridized carbons (Fsp3) is 0. The number of rotatable bonds is 3. The Morgan fingerprint density at radius 3 is 1.45 bits per heavy atom. The summed E-state index contributed by atoms with van der Waals surface area (Å²) in [6.07, 6.45) is 5.60. The van der Waals surface area contributed by atoms with Crippen LogP contribution in [0, 0.1) is 0 Å². The molecule has 2 aliphatic carbocycles. The topological polar surface area (TPSA) is 321 Å². The quantitative estimate of drug-likeness (QED) is 0.119. The number of para-hydroxylation sites is 12. The average molecular weight is 1740 g/mol. The first kappa shape index (κ1) is 78.1. The molecule has 0 saturated carbocycles. The predicted molar refractivity (Wildman–Crippen MR) is 511 cm³/mol. The van der Waals surface area contributed by atoms with E-state index in [4.69, 9.17) is 24.1 Å². The zero-order valence-electron chi connectivity index (χ0n) is 68.8. The third-order valence-corrected chi connectivity index (χ3v) is 24.3. The Balaban J connectivity index is 0.0000000915. The van der Waals surface area contributed by atoms with E-state index in [0.29, 0.717) is 78.6 Å². The molecular weight excluding hydrogens is 1680 g/mol. The maximum atomic E-state index is 12.5. The van der Waals surface area contributed by atoms with E-state index in [2.05, 4.69) is 92.3 Å². The first-order chi connectivity index (χ1) is 64.9. The molecule has 0 unspecified atom stereocenters. The Hall–Kier alpha value is -18.6. The molecule has 132 heavy (non-hydrogen) atoms. The summed E-state index contributed by atoms with van der Waals surface area (Å²) in [5.74, 6) is 0.310. The van der Waals surface area contributed by atoms with Gasteiger partial charge in [-0.25, -0.2) is 45.4 Å². The molecule has 23 aromatic rings. The van der Waals surface area contributed by atoms with Crippen LogP contribution in [0.1, 0.15) is 26.4 Å². The average Bonchev–Trinajstić information content (AvgIpc) is 1.57. The van der Waals surface area contributed by atoms with Crippen molar-refractivity contribution in [2.45, 2.75) is 0 Å². The molecule has 26 nitrogen and oxygen atoms in total. The van der Waals surface area contributed by atoms with Gasteiger partial charge in [0.2, 0.25) is 5.78 Å². The van der Waals surface area contributed by atoms with Crippen molar-refractivity contribution in [3.8, 4) is 84.6 Å². The van der Waals surface area contributed by atoms with Crippen LogP contribution in [0.15, 0.2) is 371 Å². The summed E-state index contributed by atoms with van der Waals surface area (Å²) in [5.41, 5.74) is 29.0. The number of hydrogen-bond acceptors (Lipinski definition) is 21. The lowest BCUT2D eigenvalue weighted by Gasteiger charge is -2.22. The van der Waals surface area contributed by atoms with Gasteiger partial charge in [-0.3, -0.25) is 42.4 Å². The molecule has 0 saturated heterocycles. The number of thiazole rings is 1. The minimum Gasteiger partial charge on any atom is -0.423 e. The largest absolute Gasteiger partial charge is 0.423 e. The van der Waals surface area contributed by atoms with Gasteiger partial charge in [-0.1, -0.05) is 193 Å². The molecule has 28 rings (SSSR count). The van der Waals surface area contributed by atoms with Crippen molar-refractivity contribution < 1.29 is 33.3 Å². The zero-order chi connectivity index (χ0) is 88.8. The molecule has 0 radical (unpaired) electrons. The number of imidazole rings is 1. The Kier molecular flexibility index (Phi) is 19.0. The van der Waals surface area contributed by atoms with Crippen LogP contribution < -0.4 is 47.9 Å². The van der Waals surface area contributed by atoms with Crippen molar-refractivity contribution >= 4 is 155 Å². The number of fused-ring (bicyclic) bond motifs is 28. The lowest BCUT2D eigenvalue weighted by atomic mass is 10.0. The molecule has 27 heteroatoms. The van der Waals surface area contributed by atoms with Crippen LogP contribution in [0.5, 0.6) is 11.5 Å². The van der Waals surface area contributed by atoms with E-state index < -0.39 is 11.8 Å². The van der Waals surface area contributed by atoms with E-state index >= 15 is 0 Å². The SMILES string of the molecule is O=C(Nc1ccc2c(c1)NOc1ccccc1-2)C(=O)Nc1ccc2c(c1)NOc1ccccc1-2.O=C1c2ccccc2-c2nc3ccccc3c(=O)n21.O=C1c2ccccc2-c2nc3ccccc3nc21.O=c1nc2oc3ccccc3n2c2ccccc12.O=c1nc2sc3ccccc3n2c2ccccc12.c1ccc2nc3c(nc2c1)-c1cccc2c(-n4ccnc4)ccc-3c12. The number of carbonyl (C=O) groups excluding carboxylic acids is 4. The van der Waals surface area contributed by atoms with Crippen molar-refractivity contribution in [2.24, 2.45) is 0 Å². The van der Waals surface area contributed by atoms with E-state index in [-0.39, 0.29) is 28.4 Å². The fourth-order valence-corrected chi connectivity index (χ4v) is 18.2. The van der Waals surface area contributed by atoms with Crippen molar-refractivity contribution in [3.05, 3.63) is 400 Å². The summed E-state index contributed by atoms with van der Waals surface area (Å²) in [6.45, 7) is 0. The lowest BCUT2D eigenvalue weighted by molar-refractivity contribution is -0.132. The second-order valence-corrected chi connectivity index (χ2v) is 32.1. The van der Waals surface area contributed by atoms with Crippen LogP contribution in [0.2, 0.25) is 0 Å². The van der Waals surface area contributed by atoms with Crippen LogP contribution in [0.25, 0.3) is 171 Å². The first-order valence-corrected chi connectivity index (χ1v) is 42.6.